The van der Waals surface area contributed by atoms with Gasteiger partial charge in [0, 0.05) is 12.8 Å². The summed E-state index contributed by atoms with van der Waals surface area (Å²) in [6, 6.07) is -0.537. The Balaban J connectivity index is 3.30. The van der Waals surface area contributed by atoms with Gasteiger partial charge in [-0.15, -0.1) is 0 Å². The van der Waals surface area contributed by atoms with Crippen molar-refractivity contribution in [2.75, 3.05) is 13.2 Å². The lowest BCUT2D eigenvalue weighted by Gasteiger charge is -2.22. The van der Waals surface area contributed by atoms with Gasteiger partial charge in [0.2, 0.25) is 5.91 Å². The van der Waals surface area contributed by atoms with Crippen LogP contribution in [0.2, 0.25) is 0 Å². The molecule has 0 aromatic heterocycles. The molecule has 0 aromatic carbocycles. The standard InChI is InChI=1S/C79H155NO5/c1-3-5-7-9-11-13-15-17-18-19-41-44-48-51-55-59-63-67-71-77(82)76(75-81)80-78(83)72-68-64-60-56-52-49-45-42-39-37-35-33-31-29-27-25-23-21-20-22-24-26-28-30-32-34-36-38-40-43-46-50-54-58-62-66-70-74-85-79(84)73-69-65-61-57-53-47-16-14-12-10-8-6-4-2/h14,16,76-77,81-82H,3-13,15,17-75H2,1-2H3,(H,80,83)/b16-14-. The van der Waals surface area contributed by atoms with Gasteiger partial charge in [-0.3, -0.25) is 9.59 Å². The van der Waals surface area contributed by atoms with Crippen LogP contribution in [-0.4, -0.2) is 47.4 Å². The third-order valence-electron chi connectivity index (χ3n) is 18.8. The summed E-state index contributed by atoms with van der Waals surface area (Å²) in [6.45, 7) is 4.99. The molecule has 0 rings (SSSR count). The van der Waals surface area contributed by atoms with E-state index in [0.717, 1.165) is 44.9 Å². The Morgan fingerprint density at radius 1 is 0.318 bits per heavy atom. The molecule has 0 spiro atoms. The number of nitrogens with one attached hydrogen (secondary N) is 1. The summed E-state index contributed by atoms with van der Waals surface area (Å²) in [5.74, 6) is -0.00923. The molecule has 0 heterocycles. The third-order valence-corrected chi connectivity index (χ3v) is 18.8. The van der Waals surface area contributed by atoms with Crippen molar-refractivity contribution < 1.29 is 24.5 Å². The van der Waals surface area contributed by atoms with E-state index in [1.54, 1.807) is 0 Å². The maximum atomic E-state index is 12.5. The molecule has 0 radical (unpaired) electrons. The minimum Gasteiger partial charge on any atom is -0.466 e. The molecule has 0 aliphatic heterocycles. The van der Waals surface area contributed by atoms with Crippen molar-refractivity contribution in [2.24, 2.45) is 0 Å². The van der Waals surface area contributed by atoms with E-state index in [4.69, 9.17) is 4.74 Å². The van der Waals surface area contributed by atoms with E-state index >= 15 is 0 Å². The summed E-state index contributed by atoms with van der Waals surface area (Å²) in [7, 11) is 0. The van der Waals surface area contributed by atoms with E-state index in [1.807, 2.05) is 0 Å². The van der Waals surface area contributed by atoms with E-state index in [1.165, 1.54) is 379 Å². The molecule has 1 amide bonds. The third kappa shape index (κ3) is 71.6. The van der Waals surface area contributed by atoms with Crippen LogP contribution < -0.4 is 5.32 Å². The van der Waals surface area contributed by atoms with Crippen LogP contribution >= 0.6 is 0 Å². The molecule has 2 atom stereocenters. The van der Waals surface area contributed by atoms with Crippen molar-refractivity contribution in [1.29, 1.82) is 0 Å². The van der Waals surface area contributed by atoms with Crippen molar-refractivity contribution in [3.63, 3.8) is 0 Å². The molecule has 506 valence electrons. The smallest absolute Gasteiger partial charge is 0.305 e. The highest BCUT2D eigenvalue weighted by Crippen LogP contribution is 2.20. The van der Waals surface area contributed by atoms with Crippen molar-refractivity contribution in [1.82, 2.24) is 5.32 Å². The summed E-state index contributed by atoms with van der Waals surface area (Å²) in [5, 5.41) is 23.4. The average Bonchev–Trinajstić information content (AvgIpc) is 3.51. The van der Waals surface area contributed by atoms with E-state index in [-0.39, 0.29) is 18.5 Å². The van der Waals surface area contributed by atoms with Gasteiger partial charge in [-0.2, -0.15) is 0 Å². The van der Waals surface area contributed by atoms with Crippen LogP contribution in [0.3, 0.4) is 0 Å². The highest BCUT2D eigenvalue weighted by molar-refractivity contribution is 5.76. The second-order valence-electron chi connectivity index (χ2n) is 27.4. The molecule has 85 heavy (non-hydrogen) atoms. The minimum absolute atomic E-state index is 0.0151. The van der Waals surface area contributed by atoms with Crippen LogP contribution in [0.25, 0.3) is 0 Å². The maximum absolute atomic E-state index is 12.5. The molecule has 0 aliphatic rings. The van der Waals surface area contributed by atoms with Gasteiger partial charge in [0.05, 0.1) is 25.4 Å². The highest BCUT2D eigenvalue weighted by atomic mass is 16.5. The number of carbonyl (C=O) groups excluding carboxylic acids is 2. The first-order chi connectivity index (χ1) is 42.0. The molecule has 0 aliphatic carbocycles. The zero-order valence-corrected chi connectivity index (χ0v) is 58.1. The molecule has 0 fully saturated rings. The van der Waals surface area contributed by atoms with E-state index in [0.29, 0.717) is 25.9 Å². The van der Waals surface area contributed by atoms with Crippen molar-refractivity contribution in [2.45, 2.75) is 469 Å². The number of aliphatic hydroxyl groups is 2. The number of amides is 1. The van der Waals surface area contributed by atoms with Crippen LogP contribution in [0.15, 0.2) is 12.2 Å². The monoisotopic (exact) mass is 1200 g/mol. The Hall–Kier alpha value is -1.40. The van der Waals surface area contributed by atoms with E-state index in [9.17, 15) is 19.8 Å². The number of aliphatic hydroxyl groups excluding tert-OH is 2. The number of unbranched alkanes of at least 4 members (excludes halogenated alkanes) is 62. The number of ether oxygens (including phenoxy) is 1. The number of hydrogen-bond donors (Lipinski definition) is 3. The number of hydrogen-bond acceptors (Lipinski definition) is 5. The zero-order valence-electron chi connectivity index (χ0n) is 58.1. The van der Waals surface area contributed by atoms with E-state index in [2.05, 4.69) is 31.3 Å². The fourth-order valence-electron chi connectivity index (χ4n) is 12.8. The molecule has 0 saturated carbocycles. The Morgan fingerprint density at radius 2 is 0.553 bits per heavy atom. The predicted molar refractivity (Wildman–Crippen MR) is 375 cm³/mol. The quantitative estimate of drug-likeness (QED) is 0.0320. The number of esters is 1. The van der Waals surface area contributed by atoms with Gasteiger partial charge in [0.25, 0.3) is 0 Å². The van der Waals surface area contributed by atoms with Crippen LogP contribution in [0.5, 0.6) is 0 Å². The first-order valence-electron chi connectivity index (χ1n) is 39.4. The van der Waals surface area contributed by atoms with Gasteiger partial charge in [0.1, 0.15) is 0 Å². The summed E-state index contributed by atoms with van der Waals surface area (Å²) in [5.41, 5.74) is 0. The zero-order chi connectivity index (χ0) is 61.3. The van der Waals surface area contributed by atoms with Crippen LogP contribution in [-0.2, 0) is 14.3 Å². The lowest BCUT2D eigenvalue weighted by molar-refractivity contribution is -0.143. The highest BCUT2D eigenvalue weighted by Gasteiger charge is 2.20. The maximum Gasteiger partial charge on any atom is 0.305 e. The molecule has 6 nitrogen and oxygen atoms in total. The molecule has 6 heteroatoms. The Kier molecular flexibility index (Phi) is 73.8. The normalized spacial score (nSPS) is 12.5. The predicted octanol–water partition coefficient (Wildman–Crippen LogP) is 25.9. The van der Waals surface area contributed by atoms with Crippen LogP contribution in [0.4, 0.5) is 0 Å². The van der Waals surface area contributed by atoms with Gasteiger partial charge < -0.3 is 20.3 Å². The first kappa shape index (κ1) is 83.6. The molecular weight excluding hydrogens is 1040 g/mol. The SMILES string of the molecule is CCCCCC/C=C\CCCCCCCC(=O)OCCCCCCCCCCCCCCCCCCCCCCCCCCCCCCCCCCCCCCCC(=O)NC(CO)C(O)CCCCCCCCCCCCCCCCCCCC. The Morgan fingerprint density at radius 3 is 0.847 bits per heavy atom. The lowest BCUT2D eigenvalue weighted by Crippen LogP contribution is -2.45. The lowest BCUT2D eigenvalue weighted by atomic mass is 10.0. The topological polar surface area (TPSA) is 95.9 Å². The van der Waals surface area contributed by atoms with Crippen molar-refractivity contribution >= 4 is 11.9 Å². The minimum atomic E-state index is -0.660. The van der Waals surface area contributed by atoms with Crippen molar-refractivity contribution in [3.8, 4) is 0 Å². The number of allylic oxidation sites excluding steroid dienone is 2. The molecule has 0 aromatic rings. The number of carbonyl (C=O) groups is 2. The summed E-state index contributed by atoms with van der Waals surface area (Å²) in [4.78, 5) is 24.6. The summed E-state index contributed by atoms with van der Waals surface area (Å²) < 4.78 is 5.49. The van der Waals surface area contributed by atoms with Gasteiger partial charge in [0.15, 0.2) is 0 Å². The Labute approximate surface area is 533 Å². The number of rotatable bonds is 75. The summed E-state index contributed by atoms with van der Waals surface area (Å²) >= 11 is 0. The van der Waals surface area contributed by atoms with Crippen molar-refractivity contribution in [3.05, 3.63) is 12.2 Å². The van der Waals surface area contributed by atoms with E-state index < -0.39 is 12.1 Å². The molecule has 3 N–H and O–H groups in total. The second-order valence-corrected chi connectivity index (χ2v) is 27.4. The fourth-order valence-corrected chi connectivity index (χ4v) is 12.8. The summed E-state index contributed by atoms with van der Waals surface area (Å²) in [6.07, 6.45) is 94.6. The van der Waals surface area contributed by atoms with Crippen LogP contribution in [0.1, 0.15) is 457 Å². The molecule has 2 unspecified atom stereocenters. The van der Waals surface area contributed by atoms with Crippen LogP contribution in [0, 0.1) is 0 Å². The van der Waals surface area contributed by atoms with Gasteiger partial charge >= 0.3 is 5.97 Å². The van der Waals surface area contributed by atoms with Gasteiger partial charge in [-0.25, -0.2) is 0 Å². The first-order valence-corrected chi connectivity index (χ1v) is 39.4. The average molecular weight is 1200 g/mol. The second kappa shape index (κ2) is 75.1. The molecular formula is C79H155NO5. The van der Waals surface area contributed by atoms with Gasteiger partial charge in [-0.05, 0) is 51.4 Å². The molecule has 0 saturated heterocycles. The largest absolute Gasteiger partial charge is 0.466 e. The molecule has 0 bridgehead atoms. The van der Waals surface area contributed by atoms with Gasteiger partial charge in [-0.1, -0.05) is 405 Å². The fraction of sp³-hybridized carbons (Fsp3) is 0.949. The Bertz CT molecular complexity index is 1290.